The number of nitrogens with zero attached hydrogens (tertiary/aromatic N) is 2. The van der Waals surface area contributed by atoms with Gasteiger partial charge in [0, 0.05) is 31.2 Å². The molecule has 0 atom stereocenters. The van der Waals surface area contributed by atoms with E-state index in [1.165, 1.54) is 23.9 Å². The van der Waals surface area contributed by atoms with Gasteiger partial charge in [-0.3, -0.25) is 10.3 Å². The summed E-state index contributed by atoms with van der Waals surface area (Å²) < 4.78 is 25.8. The molecule has 0 radical (unpaired) electrons. The van der Waals surface area contributed by atoms with Gasteiger partial charge in [-0.1, -0.05) is 0 Å². The van der Waals surface area contributed by atoms with Crippen LogP contribution in [-0.2, 0) is 5.75 Å². The molecule has 0 unspecified atom stereocenters. The van der Waals surface area contributed by atoms with Crippen LogP contribution in [0.4, 0.5) is 8.78 Å². The van der Waals surface area contributed by atoms with Gasteiger partial charge >= 0.3 is 0 Å². The minimum absolute atomic E-state index is 0.403. The van der Waals surface area contributed by atoms with E-state index in [-0.39, 0.29) is 0 Å². The summed E-state index contributed by atoms with van der Waals surface area (Å²) >= 11 is 1.53. The molecule has 0 spiro atoms. The summed E-state index contributed by atoms with van der Waals surface area (Å²) in [7, 11) is 1.56. The van der Waals surface area contributed by atoms with Crippen LogP contribution in [0.1, 0.15) is 5.56 Å². The lowest BCUT2D eigenvalue weighted by atomic mass is 10.2. The Morgan fingerprint density at radius 3 is 2.63 bits per heavy atom. The second kappa shape index (κ2) is 8.32. The molecule has 4 nitrogen and oxygen atoms in total. The molecule has 0 aliphatic carbocycles. The monoisotopic (exact) mass is 284 g/mol. The van der Waals surface area contributed by atoms with Crippen LogP contribution in [0.15, 0.2) is 23.2 Å². The first kappa shape index (κ1) is 15.2. The molecule has 0 fully saturated rings. The molecular weight excluding hydrogens is 270 g/mol. The number of hydrogen-bond acceptors (Lipinski definition) is 3. The van der Waals surface area contributed by atoms with E-state index in [0.717, 1.165) is 11.8 Å². The Bertz CT molecular complexity index is 465. The van der Waals surface area contributed by atoms with E-state index in [0.29, 0.717) is 23.8 Å². The summed E-state index contributed by atoms with van der Waals surface area (Å²) in [5, 5.41) is 13.7. The van der Waals surface area contributed by atoms with Gasteiger partial charge in [0.25, 0.3) is 0 Å². The third-order valence-corrected chi connectivity index (χ3v) is 3.16. The van der Waals surface area contributed by atoms with Gasteiger partial charge in [-0.05, 0) is 17.7 Å². The normalized spacial score (nSPS) is 10.9. The van der Waals surface area contributed by atoms with Gasteiger partial charge in [0.1, 0.15) is 11.6 Å². The van der Waals surface area contributed by atoms with Crippen LogP contribution in [0.3, 0.4) is 0 Å². The molecule has 0 amide bonds. The number of aliphatic imine (C=N–C) groups is 1. The van der Waals surface area contributed by atoms with Gasteiger partial charge in [0.05, 0.1) is 0 Å². The van der Waals surface area contributed by atoms with Crippen molar-refractivity contribution in [2.75, 3.05) is 19.3 Å². The van der Waals surface area contributed by atoms with Crippen LogP contribution in [0.2, 0.25) is 0 Å². The maximum atomic E-state index is 12.9. The van der Waals surface area contributed by atoms with E-state index in [4.69, 9.17) is 5.26 Å². The first-order chi connectivity index (χ1) is 9.15. The number of nitrogens with one attached hydrogen (secondary N) is 2. The van der Waals surface area contributed by atoms with Crippen LogP contribution in [-0.4, -0.2) is 25.3 Å². The Hall–Kier alpha value is -1.81. The third-order valence-electron chi connectivity index (χ3n) is 2.13. The predicted molar refractivity (Wildman–Crippen MR) is 72.6 cm³/mol. The summed E-state index contributed by atoms with van der Waals surface area (Å²) in [6, 6.07) is 3.49. The zero-order valence-electron chi connectivity index (χ0n) is 10.4. The quantitative estimate of drug-likeness (QED) is 0.285. The lowest BCUT2D eigenvalue weighted by molar-refractivity contribution is 0.581. The van der Waals surface area contributed by atoms with Gasteiger partial charge in [0.15, 0.2) is 6.19 Å². The topological polar surface area (TPSA) is 60.2 Å². The molecule has 0 aliphatic rings. The van der Waals surface area contributed by atoms with Crippen molar-refractivity contribution >= 4 is 17.7 Å². The maximum Gasteiger partial charge on any atom is 0.204 e. The lowest BCUT2D eigenvalue weighted by Gasteiger charge is -2.07. The van der Waals surface area contributed by atoms with Crippen LogP contribution >= 0.6 is 11.8 Å². The van der Waals surface area contributed by atoms with E-state index >= 15 is 0 Å². The van der Waals surface area contributed by atoms with E-state index < -0.39 is 11.6 Å². The first-order valence-electron chi connectivity index (χ1n) is 5.54. The summed E-state index contributed by atoms with van der Waals surface area (Å²) in [5.41, 5.74) is 0.613. The number of halogens is 2. The number of guanidine groups is 1. The summed E-state index contributed by atoms with van der Waals surface area (Å²) in [6.07, 6.45) is 1.76. The number of hydrogen-bond donors (Lipinski definition) is 2. The van der Waals surface area contributed by atoms with E-state index in [2.05, 4.69) is 15.6 Å². The molecule has 0 heterocycles. The zero-order chi connectivity index (χ0) is 14.1. The van der Waals surface area contributed by atoms with Crippen LogP contribution in [0.25, 0.3) is 0 Å². The van der Waals surface area contributed by atoms with Crippen molar-refractivity contribution < 1.29 is 8.78 Å². The van der Waals surface area contributed by atoms with Crippen LogP contribution in [0, 0.1) is 23.1 Å². The van der Waals surface area contributed by atoms with Crippen molar-refractivity contribution in [3.8, 4) is 6.19 Å². The fraction of sp³-hybridized carbons (Fsp3) is 0.333. The van der Waals surface area contributed by atoms with Gasteiger partial charge in [0.2, 0.25) is 5.96 Å². The minimum Gasteiger partial charge on any atom is -0.355 e. The molecule has 0 aromatic heterocycles. The van der Waals surface area contributed by atoms with Crippen molar-refractivity contribution in [3.05, 3.63) is 35.4 Å². The Labute approximate surface area is 114 Å². The molecule has 0 saturated carbocycles. The van der Waals surface area contributed by atoms with E-state index in [1.807, 2.05) is 0 Å². The molecule has 0 saturated heterocycles. The van der Waals surface area contributed by atoms with Gasteiger partial charge in [-0.15, -0.1) is 0 Å². The summed E-state index contributed by atoms with van der Waals surface area (Å²) in [6.45, 7) is 0.601. The highest BCUT2D eigenvalue weighted by molar-refractivity contribution is 7.98. The largest absolute Gasteiger partial charge is 0.355 e. The average Bonchev–Trinajstić information content (AvgIpc) is 2.36. The zero-order valence-corrected chi connectivity index (χ0v) is 11.2. The van der Waals surface area contributed by atoms with Crippen molar-refractivity contribution in [2.24, 2.45) is 4.99 Å². The standard InChI is InChI=1S/C12H14F2N4S/c1-16-12(18-8-15)17-2-3-19-7-9-4-10(13)6-11(14)5-9/h4-6H,2-3,7H2,1H3,(H2,16,17,18). The van der Waals surface area contributed by atoms with Crippen molar-refractivity contribution in [1.82, 2.24) is 10.6 Å². The van der Waals surface area contributed by atoms with Crippen LogP contribution < -0.4 is 10.6 Å². The van der Waals surface area contributed by atoms with Gasteiger partial charge in [-0.2, -0.15) is 17.0 Å². The Morgan fingerprint density at radius 2 is 2.05 bits per heavy atom. The third kappa shape index (κ3) is 6.06. The first-order valence-corrected chi connectivity index (χ1v) is 6.69. The molecule has 19 heavy (non-hydrogen) atoms. The molecule has 1 aromatic carbocycles. The Kier molecular flexibility index (Phi) is 6.68. The fourth-order valence-corrected chi connectivity index (χ4v) is 2.15. The molecule has 0 aliphatic heterocycles. The molecule has 1 aromatic rings. The fourth-order valence-electron chi connectivity index (χ4n) is 1.36. The molecular formula is C12H14F2N4S. The number of benzene rings is 1. The van der Waals surface area contributed by atoms with Crippen LogP contribution in [0.5, 0.6) is 0 Å². The van der Waals surface area contributed by atoms with Gasteiger partial charge in [-0.25, -0.2) is 8.78 Å². The summed E-state index contributed by atoms with van der Waals surface area (Å²) in [5.74, 6) is 0.532. The number of thioether (sulfide) groups is 1. The Morgan fingerprint density at radius 1 is 1.37 bits per heavy atom. The van der Waals surface area contributed by atoms with Crippen molar-refractivity contribution in [2.45, 2.75) is 5.75 Å². The summed E-state index contributed by atoms with van der Waals surface area (Å²) in [4.78, 5) is 3.82. The number of nitriles is 1. The molecule has 2 N–H and O–H groups in total. The minimum atomic E-state index is -0.563. The highest BCUT2D eigenvalue weighted by Crippen LogP contribution is 2.14. The smallest absolute Gasteiger partial charge is 0.204 e. The number of rotatable bonds is 5. The highest BCUT2D eigenvalue weighted by Gasteiger charge is 2.01. The van der Waals surface area contributed by atoms with Crippen molar-refractivity contribution in [3.63, 3.8) is 0 Å². The molecule has 7 heteroatoms. The average molecular weight is 284 g/mol. The molecule has 102 valence electrons. The molecule has 1 rings (SSSR count). The predicted octanol–water partition coefficient (Wildman–Crippen LogP) is 1.84. The van der Waals surface area contributed by atoms with Gasteiger partial charge < -0.3 is 5.32 Å². The Balaban J connectivity index is 2.26. The van der Waals surface area contributed by atoms with Crippen molar-refractivity contribution in [1.29, 1.82) is 5.26 Å². The van der Waals surface area contributed by atoms with E-state index in [1.54, 1.807) is 13.2 Å². The SMILES string of the molecule is CN=C(NC#N)NCCSCc1cc(F)cc(F)c1. The van der Waals surface area contributed by atoms with E-state index in [9.17, 15) is 8.78 Å². The second-order valence-corrected chi connectivity index (χ2v) is 4.67. The lowest BCUT2D eigenvalue weighted by Crippen LogP contribution is -2.35. The maximum absolute atomic E-state index is 12.9. The molecule has 0 bridgehead atoms. The highest BCUT2D eigenvalue weighted by atomic mass is 32.2. The second-order valence-electron chi connectivity index (χ2n) is 3.57.